The van der Waals surface area contributed by atoms with E-state index in [9.17, 15) is 18.0 Å². The summed E-state index contributed by atoms with van der Waals surface area (Å²) in [5.74, 6) is -0.293. The molecule has 0 aliphatic carbocycles. The Morgan fingerprint density at radius 2 is 2.06 bits per heavy atom. The minimum atomic E-state index is -4.52. The van der Waals surface area contributed by atoms with Crippen molar-refractivity contribution in [2.45, 2.75) is 25.2 Å². The fourth-order valence-electron chi connectivity index (χ4n) is 4.08. The van der Waals surface area contributed by atoms with Gasteiger partial charge in [0.1, 0.15) is 0 Å². The van der Waals surface area contributed by atoms with Gasteiger partial charge in [0, 0.05) is 29.5 Å². The summed E-state index contributed by atoms with van der Waals surface area (Å²) in [7, 11) is 0. The lowest BCUT2D eigenvalue weighted by molar-refractivity contribution is -0.138. The fourth-order valence-corrected chi connectivity index (χ4v) is 5.20. The molecule has 2 aromatic carbocycles. The average Bonchev–Trinajstić information content (AvgIpc) is 3.48. The summed E-state index contributed by atoms with van der Waals surface area (Å²) in [5.41, 5.74) is 6.70. The van der Waals surface area contributed by atoms with Crippen molar-refractivity contribution in [1.82, 2.24) is 14.7 Å². The van der Waals surface area contributed by atoms with E-state index in [4.69, 9.17) is 17.3 Å². The molecule has 3 heterocycles. The lowest BCUT2D eigenvalue weighted by Gasteiger charge is -2.15. The molecule has 34 heavy (non-hydrogen) atoms. The summed E-state index contributed by atoms with van der Waals surface area (Å²) in [6.07, 6.45) is -0.294. The molecule has 6 nitrogen and oxygen atoms in total. The molecule has 2 N–H and O–H groups in total. The number of thioether (sulfide) groups is 1. The number of hydrogen-bond acceptors (Lipinski definition) is 5. The van der Waals surface area contributed by atoms with Crippen molar-refractivity contribution in [1.29, 1.82) is 0 Å². The molecule has 0 radical (unpaired) electrons. The van der Waals surface area contributed by atoms with Crippen molar-refractivity contribution < 1.29 is 18.0 Å². The van der Waals surface area contributed by atoms with E-state index in [0.29, 0.717) is 22.1 Å². The van der Waals surface area contributed by atoms with Crippen LogP contribution >= 0.6 is 23.4 Å². The number of rotatable bonds is 3. The zero-order chi connectivity index (χ0) is 24.0. The zero-order valence-electron chi connectivity index (χ0n) is 17.7. The number of likely N-dealkylation sites (tertiary alicyclic amines) is 1. The average molecular weight is 506 g/mol. The highest BCUT2D eigenvalue weighted by atomic mass is 35.5. The maximum absolute atomic E-state index is 13.5. The molecule has 1 fully saturated rings. The highest BCUT2D eigenvalue weighted by Gasteiger charge is 2.34. The number of benzene rings is 2. The first-order valence-electron chi connectivity index (χ1n) is 10.5. The van der Waals surface area contributed by atoms with Crippen molar-refractivity contribution in [3.63, 3.8) is 0 Å². The van der Waals surface area contributed by atoms with Crippen LogP contribution in [0.1, 0.15) is 23.1 Å². The van der Waals surface area contributed by atoms with Crippen LogP contribution < -0.4 is 5.73 Å². The van der Waals surface area contributed by atoms with Crippen LogP contribution in [0.15, 0.2) is 52.5 Å². The van der Waals surface area contributed by atoms with Crippen LogP contribution in [-0.2, 0) is 17.5 Å². The van der Waals surface area contributed by atoms with E-state index in [2.05, 4.69) is 10.1 Å². The lowest BCUT2D eigenvalue weighted by Crippen LogP contribution is -2.29. The summed E-state index contributed by atoms with van der Waals surface area (Å²) in [4.78, 5) is 19.1. The molecule has 1 amide bonds. The van der Waals surface area contributed by atoms with Crippen molar-refractivity contribution in [2.75, 3.05) is 13.1 Å². The van der Waals surface area contributed by atoms with Crippen LogP contribution in [0.2, 0.25) is 5.02 Å². The van der Waals surface area contributed by atoms with Gasteiger partial charge < -0.3 is 10.6 Å². The van der Waals surface area contributed by atoms with Crippen LogP contribution in [0, 0.1) is 0 Å². The summed E-state index contributed by atoms with van der Waals surface area (Å²) >= 11 is 7.10. The van der Waals surface area contributed by atoms with Gasteiger partial charge >= 0.3 is 6.18 Å². The van der Waals surface area contributed by atoms with Crippen molar-refractivity contribution in [2.24, 2.45) is 10.7 Å². The van der Waals surface area contributed by atoms with E-state index >= 15 is 0 Å². The summed E-state index contributed by atoms with van der Waals surface area (Å²) in [6.45, 7) is 1.41. The molecule has 0 spiro atoms. The van der Waals surface area contributed by atoms with E-state index < -0.39 is 11.7 Å². The summed E-state index contributed by atoms with van der Waals surface area (Å²) < 4.78 is 41.9. The predicted octanol–water partition coefficient (Wildman–Crippen LogP) is 4.76. The number of halogens is 4. The van der Waals surface area contributed by atoms with Gasteiger partial charge in [0.15, 0.2) is 5.17 Å². The number of amidine groups is 1. The third-order valence-electron chi connectivity index (χ3n) is 5.77. The number of hydrogen-bond donors (Lipinski definition) is 1. The molecule has 5 rings (SSSR count). The lowest BCUT2D eigenvalue weighted by atomic mass is 10.1. The van der Waals surface area contributed by atoms with Gasteiger partial charge in [-0.1, -0.05) is 23.7 Å². The molecule has 11 heteroatoms. The third kappa shape index (κ3) is 4.57. The number of aliphatic imine (C=N–C) groups is 1. The van der Waals surface area contributed by atoms with E-state index in [1.807, 2.05) is 11.0 Å². The van der Waals surface area contributed by atoms with Crippen LogP contribution in [-0.4, -0.2) is 44.9 Å². The number of alkyl halides is 3. The largest absolute Gasteiger partial charge is 0.416 e. The maximum Gasteiger partial charge on any atom is 0.416 e. The molecule has 1 atom stereocenters. The van der Waals surface area contributed by atoms with Gasteiger partial charge in [-0.15, -0.1) is 0 Å². The van der Waals surface area contributed by atoms with Gasteiger partial charge in [-0.05, 0) is 59.7 Å². The van der Waals surface area contributed by atoms with Crippen LogP contribution in [0.25, 0.3) is 17.0 Å². The molecule has 0 unspecified atom stereocenters. The quantitative estimate of drug-likeness (QED) is 0.519. The van der Waals surface area contributed by atoms with E-state index in [1.54, 1.807) is 24.4 Å². The Labute approximate surface area is 202 Å². The monoisotopic (exact) mass is 505 g/mol. The smallest absolute Gasteiger partial charge is 0.349 e. The van der Waals surface area contributed by atoms with Gasteiger partial charge in [0.25, 0.3) is 5.91 Å². The standard InChI is InChI=1S/C23H19ClF3N5OS/c24-16-3-2-14(18(9-16)23(25,26)27)11-32-19-4-1-13(7-15(19)10-29-32)8-20-21(33)30-22(34-20)31-6-5-17(28)12-31/h1-4,7-10,17H,5-6,11-12,28H2/b20-8-/t17-/m1/s1. The number of carbonyl (C=O) groups excluding carboxylic acids is 1. The Hall–Kier alpha value is -2.82. The van der Waals surface area contributed by atoms with E-state index in [0.717, 1.165) is 30.0 Å². The molecule has 3 aromatic rings. The molecule has 176 valence electrons. The minimum absolute atomic E-state index is 0.0260. The second kappa shape index (κ2) is 8.75. The predicted molar refractivity (Wildman–Crippen MR) is 127 cm³/mol. The maximum atomic E-state index is 13.5. The van der Waals surface area contributed by atoms with Gasteiger partial charge in [-0.2, -0.15) is 23.3 Å². The number of nitrogens with zero attached hydrogens (tertiary/aromatic N) is 4. The highest BCUT2D eigenvalue weighted by molar-refractivity contribution is 8.18. The highest BCUT2D eigenvalue weighted by Crippen LogP contribution is 2.35. The van der Waals surface area contributed by atoms with E-state index in [1.165, 1.54) is 28.6 Å². The molecule has 2 aliphatic heterocycles. The van der Waals surface area contributed by atoms with Crippen molar-refractivity contribution >= 4 is 51.4 Å². The zero-order valence-corrected chi connectivity index (χ0v) is 19.3. The molecule has 2 aliphatic rings. The second-order valence-corrected chi connectivity index (χ2v) is 9.67. The molecular formula is C23H19ClF3N5OS. The minimum Gasteiger partial charge on any atom is -0.349 e. The summed E-state index contributed by atoms with van der Waals surface area (Å²) in [6, 6.07) is 9.24. The number of amides is 1. The molecule has 1 aromatic heterocycles. The first-order chi connectivity index (χ1) is 16.2. The normalized spacial score (nSPS) is 20.1. The number of fused-ring (bicyclic) bond motifs is 1. The Bertz CT molecular complexity index is 1350. The van der Waals surface area contributed by atoms with Gasteiger partial charge in [0.05, 0.1) is 28.7 Å². The van der Waals surface area contributed by atoms with E-state index in [-0.39, 0.29) is 29.1 Å². The van der Waals surface area contributed by atoms with Gasteiger partial charge in [0.2, 0.25) is 0 Å². The molecule has 0 bridgehead atoms. The Kier molecular flexibility index (Phi) is 5.91. The van der Waals surface area contributed by atoms with Gasteiger partial charge in [-0.25, -0.2) is 0 Å². The Balaban J connectivity index is 1.38. The number of nitrogens with two attached hydrogens (primary N) is 1. The van der Waals surface area contributed by atoms with Crippen LogP contribution in [0.5, 0.6) is 0 Å². The SMILES string of the molecule is N[C@@H]1CCN(C2=NC(=O)/C(=C/c3ccc4c(cnn4Cc4ccc(Cl)cc4C(F)(F)F)c3)S2)C1. The third-order valence-corrected chi connectivity index (χ3v) is 7.05. The first kappa shape index (κ1) is 22.9. The van der Waals surface area contributed by atoms with Crippen molar-refractivity contribution in [3.8, 4) is 0 Å². The Morgan fingerprint density at radius 3 is 2.79 bits per heavy atom. The molecule has 1 saturated heterocycles. The second-order valence-electron chi connectivity index (χ2n) is 8.22. The van der Waals surface area contributed by atoms with Crippen molar-refractivity contribution in [3.05, 3.63) is 69.2 Å². The van der Waals surface area contributed by atoms with Crippen LogP contribution in [0.4, 0.5) is 13.2 Å². The topological polar surface area (TPSA) is 76.5 Å². The fraction of sp³-hybridized carbons (Fsp3) is 0.261. The number of aromatic nitrogens is 2. The molecule has 0 saturated carbocycles. The number of carbonyl (C=O) groups is 1. The molecular weight excluding hydrogens is 487 g/mol. The summed E-state index contributed by atoms with van der Waals surface area (Å²) in [5, 5.41) is 5.72. The first-order valence-corrected chi connectivity index (χ1v) is 11.7. The van der Waals surface area contributed by atoms with Crippen LogP contribution in [0.3, 0.4) is 0 Å². The Morgan fingerprint density at radius 1 is 1.24 bits per heavy atom. The van der Waals surface area contributed by atoms with Gasteiger partial charge in [-0.3, -0.25) is 9.48 Å².